The quantitative estimate of drug-likeness (QED) is 0.237. The zero-order valence-electron chi connectivity index (χ0n) is 13.6. The van der Waals surface area contributed by atoms with E-state index in [4.69, 9.17) is 0 Å². The Morgan fingerprint density at radius 3 is 2.18 bits per heavy atom. The van der Waals surface area contributed by atoms with Gasteiger partial charge < -0.3 is 15.4 Å². The molecule has 0 saturated heterocycles. The van der Waals surface area contributed by atoms with E-state index in [9.17, 15) is 13.2 Å². The smallest absolute Gasteiger partial charge is 0.372 e. The molecule has 8 heteroatoms. The van der Waals surface area contributed by atoms with Gasteiger partial charge in [0.15, 0.2) is 5.96 Å². The van der Waals surface area contributed by atoms with Crippen molar-refractivity contribution in [2.45, 2.75) is 45.7 Å². The molecule has 0 atom stereocenters. The summed E-state index contributed by atoms with van der Waals surface area (Å²) in [6.45, 7) is 4.68. The molecule has 0 aliphatic rings. The summed E-state index contributed by atoms with van der Waals surface area (Å²) in [4.78, 5) is 4.05. The third-order valence-corrected chi connectivity index (χ3v) is 2.75. The molecule has 0 bridgehead atoms. The third kappa shape index (κ3) is 17.8. The largest absolute Gasteiger partial charge is 0.411 e. The minimum atomic E-state index is -4.25. The van der Waals surface area contributed by atoms with E-state index < -0.39 is 12.8 Å². The highest BCUT2D eigenvalue weighted by molar-refractivity contribution is 14.0. The van der Waals surface area contributed by atoms with Gasteiger partial charge in [-0.05, 0) is 18.8 Å². The van der Waals surface area contributed by atoms with E-state index in [1.165, 1.54) is 12.8 Å². The fourth-order valence-electron chi connectivity index (χ4n) is 1.67. The van der Waals surface area contributed by atoms with Crippen molar-refractivity contribution in [1.29, 1.82) is 0 Å². The van der Waals surface area contributed by atoms with Crippen LogP contribution in [0.2, 0.25) is 0 Å². The summed E-state index contributed by atoms with van der Waals surface area (Å²) in [6, 6.07) is 0. The Hall–Kier alpha value is -0.250. The molecule has 0 aliphatic heterocycles. The molecular weight excluding hydrogens is 410 g/mol. The van der Waals surface area contributed by atoms with E-state index in [1.54, 1.807) is 7.05 Å². The monoisotopic (exact) mass is 439 g/mol. The first-order valence-electron chi connectivity index (χ1n) is 7.44. The molecule has 134 valence electrons. The van der Waals surface area contributed by atoms with E-state index in [1.807, 2.05) is 0 Å². The van der Waals surface area contributed by atoms with E-state index in [-0.39, 0.29) is 30.6 Å². The lowest BCUT2D eigenvalue weighted by Gasteiger charge is -2.12. The van der Waals surface area contributed by atoms with Gasteiger partial charge in [-0.3, -0.25) is 4.99 Å². The maximum absolute atomic E-state index is 11.8. The molecule has 22 heavy (non-hydrogen) atoms. The lowest BCUT2D eigenvalue weighted by atomic mass is 10.1. The first-order valence-corrected chi connectivity index (χ1v) is 7.44. The summed E-state index contributed by atoms with van der Waals surface area (Å²) in [6.07, 6.45) is -0.282. The van der Waals surface area contributed by atoms with Gasteiger partial charge in [0, 0.05) is 26.7 Å². The summed E-state index contributed by atoms with van der Waals surface area (Å²) in [7, 11) is 1.67. The van der Waals surface area contributed by atoms with Crippen molar-refractivity contribution in [2.24, 2.45) is 10.9 Å². The highest BCUT2D eigenvalue weighted by atomic mass is 127. The minimum absolute atomic E-state index is 0. The molecule has 0 aliphatic carbocycles. The summed E-state index contributed by atoms with van der Waals surface area (Å²) >= 11 is 0. The lowest BCUT2D eigenvalue weighted by Crippen LogP contribution is -2.38. The Labute approximate surface area is 148 Å². The van der Waals surface area contributed by atoms with Crippen LogP contribution < -0.4 is 10.6 Å². The predicted octanol–water partition coefficient (Wildman–Crippen LogP) is 3.56. The molecule has 0 heterocycles. The van der Waals surface area contributed by atoms with Gasteiger partial charge >= 0.3 is 6.18 Å². The fraction of sp³-hybridized carbons (Fsp3) is 0.929. The van der Waals surface area contributed by atoms with Crippen LogP contribution in [0.1, 0.15) is 39.5 Å². The lowest BCUT2D eigenvalue weighted by molar-refractivity contribution is -0.173. The minimum Gasteiger partial charge on any atom is -0.372 e. The van der Waals surface area contributed by atoms with Crippen molar-refractivity contribution < 1.29 is 17.9 Å². The van der Waals surface area contributed by atoms with Gasteiger partial charge in [0.2, 0.25) is 0 Å². The van der Waals surface area contributed by atoms with Crippen molar-refractivity contribution in [3.8, 4) is 0 Å². The number of nitrogens with zero attached hydrogens (tertiary/aromatic N) is 1. The van der Waals surface area contributed by atoms with E-state index in [0.29, 0.717) is 18.9 Å². The maximum Gasteiger partial charge on any atom is 0.411 e. The zero-order chi connectivity index (χ0) is 16.1. The van der Waals surface area contributed by atoms with E-state index in [0.717, 1.165) is 18.9 Å². The molecule has 0 rings (SSSR count). The fourth-order valence-corrected chi connectivity index (χ4v) is 1.67. The van der Waals surface area contributed by atoms with Crippen molar-refractivity contribution in [1.82, 2.24) is 10.6 Å². The zero-order valence-corrected chi connectivity index (χ0v) is 16.0. The first-order chi connectivity index (χ1) is 9.85. The highest BCUT2D eigenvalue weighted by Gasteiger charge is 2.27. The number of aliphatic imine (C=N–C) groups is 1. The second kappa shape index (κ2) is 14.3. The summed E-state index contributed by atoms with van der Waals surface area (Å²) in [5, 5.41) is 6.22. The maximum atomic E-state index is 11.8. The molecule has 0 spiro atoms. The summed E-state index contributed by atoms with van der Waals surface area (Å²) in [5.41, 5.74) is 0. The average Bonchev–Trinajstić information content (AvgIpc) is 2.38. The SMILES string of the molecule is CN=C(NCCCCC(C)C)NCCCOCC(F)(F)F.I. The summed E-state index contributed by atoms with van der Waals surface area (Å²) in [5.74, 6) is 1.40. The van der Waals surface area contributed by atoms with Crippen molar-refractivity contribution in [3.05, 3.63) is 0 Å². The number of alkyl halides is 3. The van der Waals surface area contributed by atoms with Gasteiger partial charge in [-0.25, -0.2) is 0 Å². The van der Waals surface area contributed by atoms with Gasteiger partial charge in [0.1, 0.15) is 6.61 Å². The van der Waals surface area contributed by atoms with Gasteiger partial charge in [0.05, 0.1) is 0 Å². The second-order valence-corrected chi connectivity index (χ2v) is 5.34. The van der Waals surface area contributed by atoms with Crippen LogP contribution in [0.4, 0.5) is 13.2 Å². The molecule has 0 aromatic heterocycles. The Kier molecular flexibility index (Phi) is 15.7. The van der Waals surface area contributed by atoms with Crippen LogP contribution in [0.3, 0.4) is 0 Å². The number of hydrogen-bond donors (Lipinski definition) is 2. The van der Waals surface area contributed by atoms with Gasteiger partial charge in [0.25, 0.3) is 0 Å². The molecule has 2 N–H and O–H groups in total. The predicted molar refractivity (Wildman–Crippen MR) is 95.0 cm³/mol. The van der Waals surface area contributed by atoms with Crippen LogP contribution in [-0.2, 0) is 4.74 Å². The Morgan fingerprint density at radius 2 is 1.68 bits per heavy atom. The number of guanidine groups is 1. The highest BCUT2D eigenvalue weighted by Crippen LogP contribution is 2.14. The topological polar surface area (TPSA) is 45.7 Å². The summed E-state index contributed by atoms with van der Waals surface area (Å²) < 4.78 is 40.0. The van der Waals surface area contributed by atoms with Crippen LogP contribution in [0.25, 0.3) is 0 Å². The molecular formula is C14H29F3IN3O. The molecule has 0 fully saturated rings. The van der Waals surface area contributed by atoms with Gasteiger partial charge in [-0.1, -0.05) is 26.7 Å². The van der Waals surface area contributed by atoms with Crippen LogP contribution in [0.15, 0.2) is 4.99 Å². The Bertz CT molecular complexity index is 287. The molecule has 0 aromatic carbocycles. The number of rotatable bonds is 10. The van der Waals surface area contributed by atoms with Crippen LogP contribution in [-0.4, -0.2) is 45.5 Å². The number of halogens is 4. The van der Waals surface area contributed by atoms with Gasteiger partial charge in [-0.15, -0.1) is 24.0 Å². The third-order valence-electron chi connectivity index (χ3n) is 2.75. The average molecular weight is 439 g/mol. The van der Waals surface area contributed by atoms with Gasteiger partial charge in [-0.2, -0.15) is 13.2 Å². The van der Waals surface area contributed by atoms with Crippen LogP contribution >= 0.6 is 24.0 Å². The molecule has 0 aromatic rings. The van der Waals surface area contributed by atoms with Crippen molar-refractivity contribution in [2.75, 3.05) is 33.4 Å². The first kappa shape index (κ1) is 24.0. The van der Waals surface area contributed by atoms with E-state index >= 15 is 0 Å². The second-order valence-electron chi connectivity index (χ2n) is 5.34. The molecule has 0 saturated carbocycles. The van der Waals surface area contributed by atoms with E-state index in [2.05, 4.69) is 34.2 Å². The number of hydrogen-bond acceptors (Lipinski definition) is 2. The number of ether oxygens (including phenoxy) is 1. The molecule has 4 nitrogen and oxygen atoms in total. The number of nitrogens with one attached hydrogen (secondary N) is 2. The molecule has 0 amide bonds. The number of unbranched alkanes of at least 4 members (excludes halogenated alkanes) is 1. The van der Waals surface area contributed by atoms with Crippen molar-refractivity contribution in [3.63, 3.8) is 0 Å². The molecule has 0 radical (unpaired) electrons. The standard InChI is InChI=1S/C14H28F3N3O.HI/c1-12(2)7-4-5-8-19-13(18-3)20-9-6-10-21-11-14(15,16)17;/h12H,4-11H2,1-3H3,(H2,18,19,20);1H. The Balaban J connectivity index is 0. The van der Waals surface area contributed by atoms with Crippen LogP contribution in [0, 0.1) is 5.92 Å². The normalized spacial score (nSPS) is 12.2. The van der Waals surface area contributed by atoms with Crippen molar-refractivity contribution >= 4 is 29.9 Å². The van der Waals surface area contributed by atoms with Crippen LogP contribution in [0.5, 0.6) is 0 Å². The Morgan fingerprint density at radius 1 is 1.09 bits per heavy atom. The molecule has 0 unspecified atom stereocenters.